The third-order valence-corrected chi connectivity index (χ3v) is 6.91. The SMILES string of the molecule is O=C(NCCCCCCCCNC(=O)[C@@H]1C[C@H]1c1ccccc1)[C@@H]1C[C@@H]1c1ccccc1. The molecule has 4 atom stereocenters. The van der Waals surface area contributed by atoms with E-state index in [1.165, 1.54) is 24.0 Å². The average molecular weight is 433 g/mol. The van der Waals surface area contributed by atoms with Gasteiger partial charge in [-0.05, 0) is 48.6 Å². The molecular weight excluding hydrogens is 396 g/mol. The Hall–Kier alpha value is -2.62. The lowest BCUT2D eigenvalue weighted by atomic mass is 10.1. The Morgan fingerprint density at radius 2 is 0.969 bits per heavy atom. The first-order valence-corrected chi connectivity index (χ1v) is 12.4. The lowest BCUT2D eigenvalue weighted by Gasteiger charge is -2.06. The van der Waals surface area contributed by atoms with Crippen LogP contribution in [0.25, 0.3) is 0 Å². The van der Waals surface area contributed by atoms with Crippen molar-refractivity contribution in [1.82, 2.24) is 10.6 Å². The highest BCUT2D eigenvalue weighted by molar-refractivity contribution is 5.83. The molecular formula is C28H36N2O2. The quantitative estimate of drug-likeness (QED) is 0.429. The molecule has 4 nitrogen and oxygen atoms in total. The first-order valence-electron chi connectivity index (χ1n) is 12.4. The molecule has 2 fully saturated rings. The molecule has 2 aromatic rings. The monoisotopic (exact) mass is 432 g/mol. The van der Waals surface area contributed by atoms with E-state index in [0.29, 0.717) is 11.8 Å². The number of hydrogen-bond acceptors (Lipinski definition) is 2. The van der Waals surface area contributed by atoms with Gasteiger partial charge in [0.2, 0.25) is 11.8 Å². The van der Waals surface area contributed by atoms with E-state index < -0.39 is 0 Å². The zero-order valence-corrected chi connectivity index (χ0v) is 19.0. The summed E-state index contributed by atoms with van der Waals surface area (Å²) in [6, 6.07) is 20.7. The Balaban J connectivity index is 0.955. The Bertz CT molecular complexity index is 794. The fraction of sp³-hybridized carbons (Fsp3) is 0.500. The number of nitrogens with one attached hydrogen (secondary N) is 2. The van der Waals surface area contributed by atoms with E-state index in [4.69, 9.17) is 0 Å². The first-order chi connectivity index (χ1) is 15.7. The molecule has 2 aliphatic carbocycles. The van der Waals surface area contributed by atoms with Crippen molar-refractivity contribution in [3.05, 3.63) is 71.8 Å². The van der Waals surface area contributed by atoms with E-state index in [1.54, 1.807) is 0 Å². The number of carbonyl (C=O) groups is 2. The van der Waals surface area contributed by atoms with Gasteiger partial charge in [-0.15, -0.1) is 0 Å². The second kappa shape index (κ2) is 11.3. The van der Waals surface area contributed by atoms with Crippen LogP contribution in [0.5, 0.6) is 0 Å². The minimum Gasteiger partial charge on any atom is -0.356 e. The predicted octanol–water partition coefficient (Wildman–Crippen LogP) is 5.17. The van der Waals surface area contributed by atoms with Crippen LogP contribution < -0.4 is 10.6 Å². The molecule has 0 aliphatic heterocycles. The van der Waals surface area contributed by atoms with Crippen LogP contribution in [0.4, 0.5) is 0 Å². The van der Waals surface area contributed by atoms with Crippen molar-refractivity contribution < 1.29 is 9.59 Å². The van der Waals surface area contributed by atoms with Crippen LogP contribution in [0, 0.1) is 11.8 Å². The van der Waals surface area contributed by atoms with Crippen molar-refractivity contribution >= 4 is 11.8 Å². The second-order valence-electron chi connectivity index (χ2n) is 9.42. The molecule has 4 rings (SSSR count). The molecule has 2 aliphatic rings. The van der Waals surface area contributed by atoms with Crippen LogP contribution in [0.15, 0.2) is 60.7 Å². The van der Waals surface area contributed by atoms with Crippen LogP contribution in [0.3, 0.4) is 0 Å². The Morgan fingerprint density at radius 1 is 0.594 bits per heavy atom. The molecule has 0 bridgehead atoms. The second-order valence-corrected chi connectivity index (χ2v) is 9.42. The molecule has 0 saturated heterocycles. The van der Waals surface area contributed by atoms with Crippen molar-refractivity contribution in [2.45, 2.75) is 63.2 Å². The highest BCUT2D eigenvalue weighted by Crippen LogP contribution is 2.48. The summed E-state index contributed by atoms with van der Waals surface area (Å²) in [7, 11) is 0. The van der Waals surface area contributed by atoms with Gasteiger partial charge in [-0.3, -0.25) is 9.59 Å². The Kier molecular flexibility index (Phi) is 7.97. The summed E-state index contributed by atoms with van der Waals surface area (Å²) in [5, 5.41) is 6.23. The molecule has 0 radical (unpaired) electrons. The number of unbranched alkanes of at least 4 members (excludes halogenated alkanes) is 5. The summed E-state index contributed by atoms with van der Waals surface area (Å²) in [6.07, 6.45) is 8.76. The van der Waals surface area contributed by atoms with Crippen LogP contribution in [0.2, 0.25) is 0 Å². The van der Waals surface area contributed by atoms with Crippen molar-refractivity contribution in [2.75, 3.05) is 13.1 Å². The average Bonchev–Trinajstić information content (AvgIpc) is 3.75. The van der Waals surface area contributed by atoms with E-state index in [1.807, 2.05) is 36.4 Å². The molecule has 0 spiro atoms. The van der Waals surface area contributed by atoms with Gasteiger partial charge in [0.05, 0.1) is 0 Å². The number of hydrogen-bond donors (Lipinski definition) is 2. The lowest BCUT2D eigenvalue weighted by molar-refractivity contribution is -0.123. The first kappa shape index (κ1) is 22.6. The van der Waals surface area contributed by atoms with Crippen molar-refractivity contribution in [1.29, 1.82) is 0 Å². The van der Waals surface area contributed by atoms with Crippen molar-refractivity contribution in [3.8, 4) is 0 Å². The molecule has 2 aromatic carbocycles. The molecule has 0 heterocycles. The molecule has 0 aromatic heterocycles. The van der Waals surface area contributed by atoms with Gasteiger partial charge in [-0.2, -0.15) is 0 Å². The molecule has 2 N–H and O–H groups in total. The largest absolute Gasteiger partial charge is 0.356 e. The minimum atomic E-state index is 0.172. The summed E-state index contributed by atoms with van der Waals surface area (Å²) in [5.41, 5.74) is 2.58. The smallest absolute Gasteiger partial charge is 0.223 e. The molecule has 2 amide bonds. The Morgan fingerprint density at radius 3 is 1.38 bits per heavy atom. The summed E-state index contributed by atoms with van der Waals surface area (Å²) >= 11 is 0. The zero-order valence-electron chi connectivity index (χ0n) is 19.0. The number of rotatable bonds is 13. The number of benzene rings is 2. The van der Waals surface area contributed by atoms with Gasteiger partial charge in [0.1, 0.15) is 0 Å². The van der Waals surface area contributed by atoms with Gasteiger partial charge >= 0.3 is 0 Å². The molecule has 4 heteroatoms. The van der Waals surface area contributed by atoms with Crippen LogP contribution >= 0.6 is 0 Å². The third kappa shape index (κ3) is 6.44. The normalized spacial score (nSPS) is 23.4. The van der Waals surface area contributed by atoms with Gasteiger partial charge in [0.15, 0.2) is 0 Å². The number of carbonyl (C=O) groups excluding carboxylic acids is 2. The van der Waals surface area contributed by atoms with Crippen LogP contribution in [-0.2, 0) is 9.59 Å². The fourth-order valence-corrected chi connectivity index (χ4v) is 4.75. The van der Waals surface area contributed by atoms with Gasteiger partial charge in [0, 0.05) is 24.9 Å². The van der Waals surface area contributed by atoms with E-state index in [0.717, 1.165) is 51.6 Å². The predicted molar refractivity (Wildman–Crippen MR) is 128 cm³/mol. The summed E-state index contributed by atoms with van der Waals surface area (Å²) in [4.78, 5) is 24.5. The highest BCUT2D eigenvalue weighted by Gasteiger charge is 2.44. The van der Waals surface area contributed by atoms with E-state index in [2.05, 4.69) is 34.9 Å². The lowest BCUT2D eigenvalue weighted by Crippen LogP contribution is -2.26. The zero-order chi connectivity index (χ0) is 22.2. The van der Waals surface area contributed by atoms with Crippen molar-refractivity contribution in [3.63, 3.8) is 0 Å². The van der Waals surface area contributed by atoms with E-state index in [9.17, 15) is 9.59 Å². The van der Waals surface area contributed by atoms with Crippen LogP contribution in [0.1, 0.15) is 74.3 Å². The van der Waals surface area contributed by atoms with Crippen LogP contribution in [-0.4, -0.2) is 24.9 Å². The number of amides is 2. The molecule has 170 valence electrons. The van der Waals surface area contributed by atoms with Crippen molar-refractivity contribution in [2.24, 2.45) is 11.8 Å². The molecule has 2 saturated carbocycles. The Labute approximate surface area is 192 Å². The van der Waals surface area contributed by atoms with Gasteiger partial charge in [-0.25, -0.2) is 0 Å². The summed E-state index contributed by atoms with van der Waals surface area (Å²) < 4.78 is 0. The van der Waals surface area contributed by atoms with E-state index >= 15 is 0 Å². The fourth-order valence-electron chi connectivity index (χ4n) is 4.75. The minimum absolute atomic E-state index is 0.172. The van der Waals surface area contributed by atoms with Gasteiger partial charge < -0.3 is 10.6 Å². The van der Waals surface area contributed by atoms with E-state index in [-0.39, 0.29) is 23.7 Å². The summed E-state index contributed by atoms with van der Waals surface area (Å²) in [6.45, 7) is 1.58. The summed E-state index contributed by atoms with van der Waals surface area (Å²) in [5.74, 6) is 1.62. The third-order valence-electron chi connectivity index (χ3n) is 6.91. The topological polar surface area (TPSA) is 58.2 Å². The maximum Gasteiger partial charge on any atom is 0.223 e. The van der Waals surface area contributed by atoms with Gasteiger partial charge in [0.25, 0.3) is 0 Å². The van der Waals surface area contributed by atoms with Gasteiger partial charge in [-0.1, -0.05) is 86.3 Å². The standard InChI is InChI=1S/C28H36N2O2/c31-27(25-19-23(25)21-13-7-5-8-14-21)29-17-11-3-1-2-4-12-18-30-28(32)26-20-24(26)22-15-9-6-10-16-22/h5-10,13-16,23-26H,1-4,11-12,17-20H2,(H,29,31)(H,30,32)/t23-,24+,25-,26-/m1/s1. The molecule has 32 heavy (non-hydrogen) atoms. The maximum absolute atomic E-state index is 12.3. The highest BCUT2D eigenvalue weighted by atomic mass is 16.2. The molecule has 0 unspecified atom stereocenters. The maximum atomic E-state index is 12.3.